The van der Waals surface area contributed by atoms with Crippen LogP contribution in [0.3, 0.4) is 0 Å². The molecule has 0 saturated carbocycles. The fourth-order valence-corrected chi connectivity index (χ4v) is 2.06. The van der Waals surface area contributed by atoms with Gasteiger partial charge in [-0.15, -0.1) is 0 Å². The summed E-state index contributed by atoms with van der Waals surface area (Å²) in [5.41, 5.74) is 4.09. The van der Waals surface area contributed by atoms with E-state index in [0.29, 0.717) is 11.1 Å². The van der Waals surface area contributed by atoms with E-state index in [2.05, 4.69) is 15.5 Å². The van der Waals surface area contributed by atoms with Crippen molar-refractivity contribution in [2.24, 2.45) is 5.10 Å². The van der Waals surface area contributed by atoms with Crippen molar-refractivity contribution in [3.63, 3.8) is 0 Å². The van der Waals surface area contributed by atoms with Gasteiger partial charge in [0.2, 0.25) is 0 Å². The van der Waals surface area contributed by atoms with Gasteiger partial charge in [0.25, 0.3) is 5.91 Å². The Balaban J connectivity index is 1.77. The maximum Gasteiger partial charge on any atom is 0.273 e. The molecule has 3 aromatic rings. The first-order valence-electron chi connectivity index (χ1n) is 6.40. The zero-order chi connectivity index (χ0) is 14.7. The molecule has 1 aromatic heterocycles. The van der Waals surface area contributed by atoms with Gasteiger partial charge in [-0.25, -0.2) is 9.82 Å². The second-order valence-electron chi connectivity index (χ2n) is 4.47. The molecule has 0 bridgehead atoms. The highest BCUT2D eigenvalue weighted by Gasteiger charge is 2.10. The quantitative estimate of drug-likeness (QED) is 0.562. The molecule has 3 rings (SSSR count). The summed E-state index contributed by atoms with van der Waals surface area (Å²) >= 11 is 0. The fourth-order valence-electron chi connectivity index (χ4n) is 2.06. The number of nitrogens with one attached hydrogen (secondary N) is 2. The first kappa shape index (κ1) is 13.1. The first-order valence-corrected chi connectivity index (χ1v) is 6.40. The van der Waals surface area contributed by atoms with E-state index >= 15 is 0 Å². The summed E-state index contributed by atoms with van der Waals surface area (Å²) in [6.07, 6.45) is 2.90. The molecule has 4 nitrogen and oxygen atoms in total. The van der Waals surface area contributed by atoms with Gasteiger partial charge in [0.05, 0.1) is 11.8 Å². The number of para-hydroxylation sites is 1. The van der Waals surface area contributed by atoms with Gasteiger partial charge in [0.1, 0.15) is 5.82 Å². The molecule has 0 unspecified atom stereocenters. The number of hydrogen-bond acceptors (Lipinski definition) is 2. The van der Waals surface area contributed by atoms with Crippen LogP contribution in [0.25, 0.3) is 10.9 Å². The highest BCUT2D eigenvalue weighted by Crippen LogP contribution is 2.17. The van der Waals surface area contributed by atoms with Crippen molar-refractivity contribution in [1.82, 2.24) is 10.4 Å². The number of aromatic nitrogens is 1. The molecule has 104 valence electrons. The number of hydrogen-bond donors (Lipinski definition) is 2. The minimum Gasteiger partial charge on any atom is -0.360 e. The number of nitrogens with zero attached hydrogens (tertiary/aromatic N) is 1. The summed E-state index contributed by atoms with van der Waals surface area (Å²) in [4.78, 5) is 15.1. The van der Waals surface area contributed by atoms with E-state index < -0.39 is 0 Å². The Hall–Kier alpha value is -2.95. The maximum atomic E-state index is 13.4. The topological polar surface area (TPSA) is 57.2 Å². The van der Waals surface area contributed by atoms with Crippen LogP contribution in [0.5, 0.6) is 0 Å². The lowest BCUT2D eigenvalue weighted by atomic mass is 10.2. The third kappa shape index (κ3) is 2.67. The number of aromatic amines is 1. The van der Waals surface area contributed by atoms with E-state index in [1.165, 1.54) is 12.3 Å². The maximum absolute atomic E-state index is 13.4. The molecule has 21 heavy (non-hydrogen) atoms. The van der Waals surface area contributed by atoms with Crippen molar-refractivity contribution >= 4 is 23.0 Å². The van der Waals surface area contributed by atoms with Crippen LogP contribution < -0.4 is 5.43 Å². The van der Waals surface area contributed by atoms with Crippen LogP contribution in [-0.4, -0.2) is 17.1 Å². The van der Waals surface area contributed by atoms with E-state index in [-0.39, 0.29) is 11.7 Å². The summed E-state index contributed by atoms with van der Waals surface area (Å²) in [6.45, 7) is 0. The average Bonchev–Trinajstić information content (AvgIpc) is 2.93. The molecular weight excluding hydrogens is 269 g/mol. The smallest absolute Gasteiger partial charge is 0.273 e. The van der Waals surface area contributed by atoms with Crippen LogP contribution >= 0.6 is 0 Å². The van der Waals surface area contributed by atoms with E-state index in [4.69, 9.17) is 0 Å². The molecule has 0 aliphatic heterocycles. The minimum atomic E-state index is -0.386. The number of carbonyl (C=O) groups is 1. The lowest BCUT2D eigenvalue weighted by molar-refractivity contribution is 0.0957. The number of rotatable bonds is 3. The highest BCUT2D eigenvalue weighted by molar-refractivity contribution is 6.06. The molecule has 5 heteroatoms. The largest absolute Gasteiger partial charge is 0.360 e. The van der Waals surface area contributed by atoms with Crippen molar-refractivity contribution < 1.29 is 9.18 Å². The Morgan fingerprint density at radius 3 is 2.76 bits per heavy atom. The number of H-pyrrole nitrogens is 1. The number of halogens is 1. The summed E-state index contributed by atoms with van der Waals surface area (Å²) in [6, 6.07) is 13.7. The van der Waals surface area contributed by atoms with E-state index in [1.807, 2.05) is 24.3 Å². The van der Waals surface area contributed by atoms with Gasteiger partial charge >= 0.3 is 0 Å². The number of amides is 1. The Kier molecular flexibility index (Phi) is 3.47. The molecule has 1 amide bonds. The van der Waals surface area contributed by atoms with Crippen molar-refractivity contribution in [1.29, 1.82) is 0 Å². The molecule has 0 saturated heterocycles. The van der Waals surface area contributed by atoms with Crippen LogP contribution in [0, 0.1) is 5.82 Å². The minimum absolute atomic E-state index is 0.316. The molecule has 0 aliphatic rings. The summed E-state index contributed by atoms with van der Waals surface area (Å²) < 4.78 is 13.4. The zero-order valence-corrected chi connectivity index (χ0v) is 11.0. The van der Waals surface area contributed by atoms with Crippen molar-refractivity contribution in [3.8, 4) is 0 Å². The SMILES string of the molecule is O=C(N/N=C/c1ccccc1F)c1c[nH]c2ccccc12. The molecule has 2 N–H and O–H groups in total. The lowest BCUT2D eigenvalue weighted by Crippen LogP contribution is -2.17. The van der Waals surface area contributed by atoms with Gasteiger partial charge in [-0.2, -0.15) is 5.10 Å². The summed E-state index contributed by atoms with van der Waals surface area (Å²) in [5, 5.41) is 4.60. The van der Waals surface area contributed by atoms with Gasteiger partial charge < -0.3 is 4.98 Å². The first-order chi connectivity index (χ1) is 10.3. The number of hydrazone groups is 1. The normalized spacial score (nSPS) is 11.1. The number of benzene rings is 2. The van der Waals surface area contributed by atoms with Crippen LogP contribution in [0.2, 0.25) is 0 Å². The highest BCUT2D eigenvalue weighted by atomic mass is 19.1. The van der Waals surface area contributed by atoms with Gasteiger partial charge in [0.15, 0.2) is 0 Å². The van der Waals surface area contributed by atoms with Gasteiger partial charge in [-0.05, 0) is 12.1 Å². The molecule has 0 fully saturated rings. The molecule has 2 aromatic carbocycles. The predicted molar refractivity (Wildman–Crippen MR) is 79.8 cm³/mol. The predicted octanol–water partition coefficient (Wildman–Crippen LogP) is 3.07. The third-order valence-electron chi connectivity index (χ3n) is 3.11. The molecule has 0 atom stereocenters. The Labute approximate surface area is 120 Å². The Morgan fingerprint density at radius 2 is 1.90 bits per heavy atom. The van der Waals surface area contributed by atoms with E-state index in [1.54, 1.807) is 24.4 Å². The van der Waals surface area contributed by atoms with Crippen LogP contribution in [-0.2, 0) is 0 Å². The number of carbonyl (C=O) groups excluding carboxylic acids is 1. The summed E-state index contributed by atoms with van der Waals surface area (Å²) in [5.74, 6) is -0.734. The van der Waals surface area contributed by atoms with E-state index in [0.717, 1.165) is 10.9 Å². The number of fused-ring (bicyclic) bond motifs is 1. The lowest BCUT2D eigenvalue weighted by Gasteiger charge is -1.98. The monoisotopic (exact) mass is 281 g/mol. The second kappa shape index (κ2) is 5.58. The Morgan fingerprint density at radius 1 is 1.14 bits per heavy atom. The molecular formula is C16H12FN3O. The molecule has 1 heterocycles. The molecule has 0 aliphatic carbocycles. The molecule has 0 radical (unpaired) electrons. The van der Waals surface area contributed by atoms with Crippen molar-refractivity contribution in [2.75, 3.05) is 0 Å². The average molecular weight is 281 g/mol. The fraction of sp³-hybridized carbons (Fsp3) is 0. The standard InChI is InChI=1S/C16H12FN3O/c17-14-7-3-1-5-11(14)9-19-20-16(21)13-10-18-15-8-4-2-6-12(13)15/h1-10,18H,(H,20,21)/b19-9+. The van der Waals surface area contributed by atoms with Crippen molar-refractivity contribution in [2.45, 2.75) is 0 Å². The van der Waals surface area contributed by atoms with Gasteiger partial charge in [-0.3, -0.25) is 4.79 Å². The molecule has 0 spiro atoms. The van der Waals surface area contributed by atoms with Crippen molar-refractivity contribution in [3.05, 3.63) is 71.7 Å². The van der Waals surface area contributed by atoms with Gasteiger partial charge in [0, 0.05) is 22.7 Å². The summed E-state index contributed by atoms with van der Waals surface area (Å²) in [7, 11) is 0. The van der Waals surface area contributed by atoms with Crippen LogP contribution in [0.4, 0.5) is 4.39 Å². The third-order valence-corrected chi connectivity index (χ3v) is 3.11. The Bertz CT molecular complexity index is 823. The zero-order valence-electron chi connectivity index (χ0n) is 11.0. The second-order valence-corrected chi connectivity index (χ2v) is 4.47. The van der Waals surface area contributed by atoms with Gasteiger partial charge in [-0.1, -0.05) is 36.4 Å². The van der Waals surface area contributed by atoms with Crippen LogP contribution in [0.1, 0.15) is 15.9 Å². The van der Waals surface area contributed by atoms with Crippen LogP contribution in [0.15, 0.2) is 59.8 Å². The van der Waals surface area contributed by atoms with E-state index in [9.17, 15) is 9.18 Å².